The number of hydrogen-bond donors (Lipinski definition) is 1. The van der Waals surface area contributed by atoms with Crippen LogP contribution in [-0.4, -0.2) is 11.7 Å². The Labute approximate surface area is 136 Å². The highest BCUT2D eigenvalue weighted by Crippen LogP contribution is 2.29. The van der Waals surface area contributed by atoms with Gasteiger partial charge in [0.25, 0.3) is 0 Å². The molecule has 0 saturated carbocycles. The van der Waals surface area contributed by atoms with Gasteiger partial charge < -0.3 is 9.84 Å². The molecule has 0 saturated heterocycles. The molecular formula is C20H34O2. The van der Waals surface area contributed by atoms with Crippen molar-refractivity contribution in [2.75, 3.05) is 6.61 Å². The van der Waals surface area contributed by atoms with Crippen LogP contribution in [0.2, 0.25) is 0 Å². The van der Waals surface area contributed by atoms with Crippen LogP contribution in [0.5, 0.6) is 11.5 Å². The molecule has 1 N–H and O–H groups in total. The molecule has 0 bridgehead atoms. The molecule has 0 amide bonds. The van der Waals surface area contributed by atoms with Gasteiger partial charge in [-0.05, 0) is 43.9 Å². The van der Waals surface area contributed by atoms with Gasteiger partial charge >= 0.3 is 0 Å². The van der Waals surface area contributed by atoms with Crippen molar-refractivity contribution in [3.63, 3.8) is 0 Å². The van der Waals surface area contributed by atoms with Crippen LogP contribution in [0.15, 0.2) is 12.1 Å². The molecule has 0 heterocycles. The second-order valence-corrected chi connectivity index (χ2v) is 6.31. The number of aryl methyl sites for hydroxylation is 1. The normalized spacial score (nSPS) is 10.9. The molecule has 0 fully saturated rings. The van der Waals surface area contributed by atoms with Gasteiger partial charge in [-0.2, -0.15) is 0 Å². The minimum Gasteiger partial charge on any atom is -0.508 e. The lowest BCUT2D eigenvalue weighted by Gasteiger charge is -2.12. The first kappa shape index (κ1) is 18.9. The van der Waals surface area contributed by atoms with Crippen molar-refractivity contribution in [1.82, 2.24) is 0 Å². The second kappa shape index (κ2) is 11.4. The minimum atomic E-state index is 0.368. The van der Waals surface area contributed by atoms with Crippen molar-refractivity contribution in [2.24, 2.45) is 0 Å². The fourth-order valence-electron chi connectivity index (χ4n) is 2.64. The van der Waals surface area contributed by atoms with Crippen molar-refractivity contribution in [3.8, 4) is 11.5 Å². The highest BCUT2D eigenvalue weighted by molar-refractivity contribution is 5.46. The highest BCUT2D eigenvalue weighted by atomic mass is 16.5. The topological polar surface area (TPSA) is 29.5 Å². The molecule has 0 aliphatic heterocycles. The van der Waals surface area contributed by atoms with Crippen LogP contribution in [0.4, 0.5) is 0 Å². The molecule has 1 aromatic carbocycles. The zero-order valence-corrected chi connectivity index (χ0v) is 14.8. The second-order valence-electron chi connectivity index (χ2n) is 6.31. The van der Waals surface area contributed by atoms with Crippen LogP contribution >= 0.6 is 0 Å². The Bertz CT molecular complexity index is 412. The van der Waals surface area contributed by atoms with E-state index in [2.05, 4.69) is 19.9 Å². The smallest absolute Gasteiger partial charge is 0.126 e. The van der Waals surface area contributed by atoms with E-state index >= 15 is 0 Å². The van der Waals surface area contributed by atoms with Gasteiger partial charge in [0, 0.05) is 5.56 Å². The van der Waals surface area contributed by atoms with Crippen LogP contribution in [-0.2, 0) is 6.42 Å². The summed E-state index contributed by atoms with van der Waals surface area (Å²) in [5.41, 5.74) is 2.06. The van der Waals surface area contributed by atoms with Crippen LogP contribution in [0.25, 0.3) is 0 Å². The number of phenolic OH excluding ortho intramolecular Hbond substituents is 1. The number of unbranched alkanes of at least 4 members (excludes halogenated alkanes) is 7. The largest absolute Gasteiger partial charge is 0.508 e. The summed E-state index contributed by atoms with van der Waals surface area (Å²) < 4.78 is 5.81. The Morgan fingerprint density at radius 1 is 0.864 bits per heavy atom. The summed E-state index contributed by atoms with van der Waals surface area (Å²) in [7, 11) is 0. The summed E-state index contributed by atoms with van der Waals surface area (Å²) in [6, 6.07) is 4.01. The third-order valence-corrected chi connectivity index (χ3v) is 4.22. The molecule has 0 unspecified atom stereocenters. The number of ether oxygens (including phenoxy) is 1. The van der Waals surface area contributed by atoms with E-state index in [1.807, 2.05) is 13.0 Å². The number of hydrogen-bond acceptors (Lipinski definition) is 2. The Kier molecular flexibility index (Phi) is 9.77. The van der Waals surface area contributed by atoms with E-state index in [1.165, 1.54) is 50.5 Å². The van der Waals surface area contributed by atoms with Gasteiger partial charge in [-0.25, -0.2) is 0 Å². The van der Waals surface area contributed by atoms with Crippen LogP contribution in [0.1, 0.15) is 82.8 Å². The highest BCUT2D eigenvalue weighted by Gasteiger charge is 2.07. The predicted molar refractivity (Wildman–Crippen MR) is 94.9 cm³/mol. The molecule has 0 spiro atoms. The summed E-state index contributed by atoms with van der Waals surface area (Å²) in [6.45, 7) is 7.07. The molecule has 0 aliphatic rings. The summed E-state index contributed by atoms with van der Waals surface area (Å²) in [5.74, 6) is 1.22. The van der Waals surface area contributed by atoms with E-state index in [1.54, 1.807) is 0 Å². The Morgan fingerprint density at radius 3 is 2.18 bits per heavy atom. The SMILES string of the molecule is CCCCCCCCCc1cc(O)c(C)c(OCCCC)c1. The Hall–Kier alpha value is -1.18. The fourth-order valence-corrected chi connectivity index (χ4v) is 2.64. The van der Waals surface area contributed by atoms with E-state index in [9.17, 15) is 5.11 Å². The summed E-state index contributed by atoms with van der Waals surface area (Å²) in [5, 5.41) is 10.1. The standard InChI is InChI=1S/C20H34O2/c1-4-6-8-9-10-11-12-13-18-15-19(21)17(3)20(16-18)22-14-7-5-2/h15-16,21H,4-14H2,1-3H3. The van der Waals surface area contributed by atoms with Crippen molar-refractivity contribution in [3.05, 3.63) is 23.3 Å². The molecule has 1 aromatic rings. The van der Waals surface area contributed by atoms with Crippen molar-refractivity contribution < 1.29 is 9.84 Å². The quantitative estimate of drug-likeness (QED) is 0.468. The maximum Gasteiger partial charge on any atom is 0.126 e. The van der Waals surface area contributed by atoms with E-state index < -0.39 is 0 Å². The van der Waals surface area contributed by atoms with E-state index in [4.69, 9.17) is 4.74 Å². The first-order chi connectivity index (χ1) is 10.7. The van der Waals surface area contributed by atoms with E-state index in [-0.39, 0.29) is 0 Å². The Morgan fingerprint density at radius 2 is 1.50 bits per heavy atom. The van der Waals surface area contributed by atoms with Gasteiger partial charge in [0.05, 0.1) is 6.61 Å². The maximum atomic E-state index is 10.1. The zero-order chi connectivity index (χ0) is 16.2. The van der Waals surface area contributed by atoms with Crippen molar-refractivity contribution in [1.29, 1.82) is 0 Å². The van der Waals surface area contributed by atoms with Gasteiger partial charge in [0.2, 0.25) is 0 Å². The van der Waals surface area contributed by atoms with Crippen molar-refractivity contribution in [2.45, 2.75) is 85.0 Å². The molecule has 0 aromatic heterocycles. The molecule has 0 atom stereocenters. The molecule has 2 nitrogen and oxygen atoms in total. The number of aromatic hydroxyl groups is 1. The van der Waals surface area contributed by atoms with Crippen LogP contribution < -0.4 is 4.74 Å². The van der Waals surface area contributed by atoms with Gasteiger partial charge in [0.1, 0.15) is 11.5 Å². The van der Waals surface area contributed by atoms with Gasteiger partial charge in [-0.15, -0.1) is 0 Å². The third kappa shape index (κ3) is 7.20. The number of benzene rings is 1. The molecule has 0 aliphatic carbocycles. The maximum absolute atomic E-state index is 10.1. The third-order valence-electron chi connectivity index (χ3n) is 4.22. The lowest BCUT2D eigenvalue weighted by Crippen LogP contribution is -1.99. The molecule has 22 heavy (non-hydrogen) atoms. The van der Waals surface area contributed by atoms with Gasteiger partial charge in [0.15, 0.2) is 0 Å². The summed E-state index contributed by atoms with van der Waals surface area (Å²) >= 11 is 0. The molecule has 2 heteroatoms. The predicted octanol–water partition coefficient (Wildman–Crippen LogP) is 6.17. The lowest BCUT2D eigenvalue weighted by atomic mass is 10.0. The zero-order valence-electron chi connectivity index (χ0n) is 14.8. The average molecular weight is 306 g/mol. The summed E-state index contributed by atoms with van der Waals surface area (Å²) in [6.07, 6.45) is 12.4. The number of phenols is 1. The first-order valence-electron chi connectivity index (χ1n) is 9.14. The lowest BCUT2D eigenvalue weighted by molar-refractivity contribution is 0.305. The molecular weight excluding hydrogens is 272 g/mol. The average Bonchev–Trinajstić information content (AvgIpc) is 2.51. The van der Waals surface area contributed by atoms with Gasteiger partial charge in [-0.1, -0.05) is 58.8 Å². The summed E-state index contributed by atoms with van der Waals surface area (Å²) in [4.78, 5) is 0. The van der Waals surface area contributed by atoms with E-state index in [0.717, 1.165) is 37.2 Å². The van der Waals surface area contributed by atoms with E-state index in [0.29, 0.717) is 5.75 Å². The number of rotatable bonds is 12. The van der Waals surface area contributed by atoms with Crippen molar-refractivity contribution >= 4 is 0 Å². The van der Waals surface area contributed by atoms with Crippen LogP contribution in [0, 0.1) is 6.92 Å². The fraction of sp³-hybridized carbons (Fsp3) is 0.700. The minimum absolute atomic E-state index is 0.368. The molecule has 1 rings (SSSR count). The Balaban J connectivity index is 2.39. The van der Waals surface area contributed by atoms with Crippen LogP contribution in [0.3, 0.4) is 0 Å². The monoisotopic (exact) mass is 306 g/mol. The molecule has 126 valence electrons. The van der Waals surface area contributed by atoms with Gasteiger partial charge in [-0.3, -0.25) is 0 Å². The molecule has 0 radical (unpaired) electrons. The first-order valence-corrected chi connectivity index (χ1v) is 9.14.